The van der Waals surface area contributed by atoms with E-state index in [0.29, 0.717) is 18.3 Å². The number of ether oxygens (including phenoxy) is 1. The molecule has 106 valence electrons. The molecule has 0 aliphatic carbocycles. The van der Waals surface area contributed by atoms with Crippen LogP contribution < -0.4 is 10.6 Å². The van der Waals surface area contributed by atoms with Crippen molar-refractivity contribution in [3.05, 3.63) is 36.3 Å². The number of hydrogen-bond donors (Lipinski definition) is 2. The molecule has 2 aromatic rings. The van der Waals surface area contributed by atoms with Crippen LogP contribution in [-0.2, 0) is 11.3 Å². The zero-order valence-corrected chi connectivity index (χ0v) is 11.4. The van der Waals surface area contributed by atoms with Crippen LogP contribution in [0.25, 0.3) is 0 Å². The van der Waals surface area contributed by atoms with Gasteiger partial charge in [-0.05, 0) is 24.1 Å². The number of pyridine rings is 1. The summed E-state index contributed by atoms with van der Waals surface area (Å²) in [7, 11) is 1.69. The molecule has 0 aromatic carbocycles. The molecule has 0 spiro atoms. The Labute approximate surface area is 117 Å². The van der Waals surface area contributed by atoms with Crippen LogP contribution in [-0.4, -0.2) is 40.4 Å². The molecular weight excluding hydrogens is 256 g/mol. The molecule has 0 saturated carbocycles. The van der Waals surface area contributed by atoms with Gasteiger partial charge in [0.25, 0.3) is 0 Å². The lowest BCUT2D eigenvalue weighted by molar-refractivity contribution is 0.197. The maximum Gasteiger partial charge on any atom is 0.244 e. The van der Waals surface area contributed by atoms with Crippen LogP contribution >= 0.6 is 0 Å². The van der Waals surface area contributed by atoms with Gasteiger partial charge in [0.05, 0.1) is 6.20 Å². The molecule has 20 heavy (non-hydrogen) atoms. The van der Waals surface area contributed by atoms with E-state index in [2.05, 4.69) is 30.8 Å². The first kappa shape index (κ1) is 14.1. The van der Waals surface area contributed by atoms with Crippen LogP contribution in [0.4, 0.5) is 11.8 Å². The number of nitrogens with zero attached hydrogens (tertiary/aromatic N) is 4. The van der Waals surface area contributed by atoms with Crippen LogP contribution in [0.15, 0.2) is 30.7 Å². The van der Waals surface area contributed by atoms with E-state index in [1.54, 1.807) is 25.7 Å². The lowest BCUT2D eigenvalue weighted by Crippen LogP contribution is -2.10. The minimum Gasteiger partial charge on any atom is -0.385 e. The summed E-state index contributed by atoms with van der Waals surface area (Å²) in [6, 6.07) is 3.88. The van der Waals surface area contributed by atoms with E-state index in [-0.39, 0.29) is 0 Å². The first-order valence-corrected chi connectivity index (χ1v) is 6.44. The molecule has 0 amide bonds. The van der Waals surface area contributed by atoms with Crippen molar-refractivity contribution in [1.82, 2.24) is 20.2 Å². The Morgan fingerprint density at radius 2 is 2.05 bits per heavy atom. The van der Waals surface area contributed by atoms with Gasteiger partial charge < -0.3 is 15.4 Å². The molecule has 2 N–H and O–H groups in total. The van der Waals surface area contributed by atoms with E-state index in [1.807, 2.05) is 12.1 Å². The topological polar surface area (TPSA) is 84.9 Å². The summed E-state index contributed by atoms with van der Waals surface area (Å²) in [4.78, 5) is 8.30. The molecule has 0 unspecified atom stereocenters. The maximum absolute atomic E-state index is 4.99. The third-order valence-electron chi connectivity index (χ3n) is 2.59. The van der Waals surface area contributed by atoms with Gasteiger partial charge >= 0.3 is 0 Å². The monoisotopic (exact) mass is 274 g/mol. The van der Waals surface area contributed by atoms with Gasteiger partial charge in [0.1, 0.15) is 0 Å². The van der Waals surface area contributed by atoms with Gasteiger partial charge in [-0.1, -0.05) is 0 Å². The standard InChI is InChI=1S/C13H18N6O/c1-20-8-2-5-15-12-10-17-19-13(18-12)16-9-11-3-6-14-7-4-11/h3-4,6-7,10H,2,5,8-9H2,1H3,(H2,15,16,18,19). The number of anilines is 2. The number of methoxy groups -OCH3 is 1. The highest BCUT2D eigenvalue weighted by Crippen LogP contribution is 2.05. The lowest BCUT2D eigenvalue weighted by Gasteiger charge is -2.07. The molecule has 7 heteroatoms. The van der Waals surface area contributed by atoms with E-state index >= 15 is 0 Å². The highest BCUT2D eigenvalue weighted by molar-refractivity contribution is 5.37. The average Bonchev–Trinajstić information content (AvgIpc) is 2.51. The fourth-order valence-electron chi connectivity index (χ4n) is 1.58. The highest BCUT2D eigenvalue weighted by atomic mass is 16.5. The number of hydrogen-bond acceptors (Lipinski definition) is 7. The number of nitrogens with one attached hydrogen (secondary N) is 2. The Kier molecular flexibility index (Phi) is 5.66. The zero-order valence-electron chi connectivity index (χ0n) is 11.4. The van der Waals surface area contributed by atoms with Crippen molar-refractivity contribution in [2.45, 2.75) is 13.0 Å². The van der Waals surface area contributed by atoms with E-state index in [0.717, 1.165) is 25.1 Å². The van der Waals surface area contributed by atoms with Crippen molar-refractivity contribution < 1.29 is 4.74 Å². The quantitative estimate of drug-likeness (QED) is 0.702. The molecule has 0 radical (unpaired) electrons. The average molecular weight is 274 g/mol. The summed E-state index contributed by atoms with van der Waals surface area (Å²) in [6.07, 6.45) is 6.03. The van der Waals surface area contributed by atoms with Crippen molar-refractivity contribution in [3.63, 3.8) is 0 Å². The molecule has 0 fully saturated rings. The SMILES string of the molecule is COCCCNc1cnnc(NCc2ccncc2)n1. The summed E-state index contributed by atoms with van der Waals surface area (Å²) in [5.41, 5.74) is 1.11. The van der Waals surface area contributed by atoms with Gasteiger partial charge in [0.15, 0.2) is 5.82 Å². The second-order valence-corrected chi connectivity index (χ2v) is 4.15. The van der Waals surface area contributed by atoms with E-state index in [1.165, 1.54) is 0 Å². The van der Waals surface area contributed by atoms with Crippen molar-refractivity contribution >= 4 is 11.8 Å². The molecule has 7 nitrogen and oxygen atoms in total. The van der Waals surface area contributed by atoms with E-state index < -0.39 is 0 Å². The largest absolute Gasteiger partial charge is 0.385 e. The third kappa shape index (κ3) is 4.77. The van der Waals surface area contributed by atoms with Crippen LogP contribution in [0.1, 0.15) is 12.0 Å². The van der Waals surface area contributed by atoms with E-state index in [4.69, 9.17) is 4.74 Å². The first-order chi connectivity index (χ1) is 9.88. The van der Waals surface area contributed by atoms with Gasteiger partial charge in [0, 0.05) is 39.2 Å². The smallest absolute Gasteiger partial charge is 0.244 e. The molecule has 2 aromatic heterocycles. The van der Waals surface area contributed by atoms with Crippen LogP contribution in [0.2, 0.25) is 0 Å². The molecule has 2 heterocycles. The van der Waals surface area contributed by atoms with Gasteiger partial charge in [-0.2, -0.15) is 10.1 Å². The van der Waals surface area contributed by atoms with Crippen molar-refractivity contribution in [2.24, 2.45) is 0 Å². The molecular formula is C13H18N6O. The number of rotatable bonds is 8. The summed E-state index contributed by atoms with van der Waals surface area (Å²) in [6.45, 7) is 2.15. The molecule has 0 aliphatic heterocycles. The predicted molar refractivity (Wildman–Crippen MR) is 76.4 cm³/mol. The van der Waals surface area contributed by atoms with E-state index in [9.17, 15) is 0 Å². The molecule has 0 bridgehead atoms. The Hall–Kier alpha value is -2.28. The minimum atomic E-state index is 0.499. The summed E-state index contributed by atoms with van der Waals surface area (Å²) in [5, 5.41) is 14.2. The fourth-order valence-corrected chi connectivity index (χ4v) is 1.58. The van der Waals surface area contributed by atoms with Gasteiger partial charge in [-0.15, -0.1) is 5.10 Å². The predicted octanol–water partition coefficient (Wildman–Crippen LogP) is 1.33. The lowest BCUT2D eigenvalue weighted by atomic mass is 10.3. The second kappa shape index (κ2) is 8.00. The summed E-state index contributed by atoms with van der Waals surface area (Å²) >= 11 is 0. The Morgan fingerprint density at radius 1 is 1.20 bits per heavy atom. The highest BCUT2D eigenvalue weighted by Gasteiger charge is 2.00. The van der Waals surface area contributed by atoms with Gasteiger partial charge in [-0.3, -0.25) is 4.98 Å². The fraction of sp³-hybridized carbons (Fsp3) is 0.385. The van der Waals surface area contributed by atoms with Crippen LogP contribution in [0.5, 0.6) is 0 Å². The van der Waals surface area contributed by atoms with Gasteiger partial charge in [0.2, 0.25) is 5.95 Å². The normalized spacial score (nSPS) is 10.2. The maximum atomic E-state index is 4.99. The molecule has 2 rings (SSSR count). The van der Waals surface area contributed by atoms with Crippen molar-refractivity contribution in [1.29, 1.82) is 0 Å². The van der Waals surface area contributed by atoms with Crippen LogP contribution in [0.3, 0.4) is 0 Å². The van der Waals surface area contributed by atoms with Crippen LogP contribution in [0, 0.1) is 0 Å². The Balaban J connectivity index is 1.83. The molecule has 0 aliphatic rings. The zero-order chi connectivity index (χ0) is 14.0. The number of aromatic nitrogens is 4. The summed E-state index contributed by atoms with van der Waals surface area (Å²) in [5.74, 6) is 1.20. The Bertz CT molecular complexity index is 507. The van der Waals surface area contributed by atoms with Crippen molar-refractivity contribution in [3.8, 4) is 0 Å². The second-order valence-electron chi connectivity index (χ2n) is 4.15. The first-order valence-electron chi connectivity index (χ1n) is 6.44. The minimum absolute atomic E-state index is 0.499. The molecule has 0 saturated heterocycles. The third-order valence-corrected chi connectivity index (χ3v) is 2.59. The molecule has 0 atom stereocenters. The summed E-state index contributed by atoms with van der Waals surface area (Å²) < 4.78 is 4.99. The van der Waals surface area contributed by atoms with Crippen molar-refractivity contribution in [2.75, 3.05) is 30.9 Å². The van der Waals surface area contributed by atoms with Gasteiger partial charge in [-0.25, -0.2) is 0 Å². The Morgan fingerprint density at radius 3 is 2.85 bits per heavy atom.